The highest BCUT2D eigenvalue weighted by atomic mass is 15.6. The Balaban J connectivity index is 2.06. The first-order chi connectivity index (χ1) is 5.31. The molecule has 2 rings (SSSR count). The van der Waals surface area contributed by atoms with E-state index in [1.54, 1.807) is 0 Å². The Kier molecular flexibility index (Phi) is 1.87. The number of rotatable bonds is 1. The molecule has 0 saturated carbocycles. The molecule has 64 valence electrons. The highest BCUT2D eigenvalue weighted by Crippen LogP contribution is 2.26. The van der Waals surface area contributed by atoms with Crippen LogP contribution in [0.1, 0.15) is 12.8 Å². The van der Waals surface area contributed by atoms with Crippen LogP contribution >= 0.6 is 0 Å². The monoisotopic (exact) mass is 155 g/mol. The molecule has 0 aromatic heterocycles. The van der Waals surface area contributed by atoms with Crippen LogP contribution in [0, 0.1) is 0 Å². The predicted molar refractivity (Wildman–Crippen MR) is 45.2 cm³/mol. The molecular weight excluding hydrogens is 138 g/mol. The van der Waals surface area contributed by atoms with Crippen LogP contribution in [0.25, 0.3) is 0 Å². The van der Waals surface area contributed by atoms with E-state index in [-0.39, 0.29) is 0 Å². The van der Waals surface area contributed by atoms with Gasteiger partial charge in [-0.15, -0.1) is 0 Å². The van der Waals surface area contributed by atoms with Gasteiger partial charge in [0.1, 0.15) is 0 Å². The van der Waals surface area contributed by atoms with E-state index in [2.05, 4.69) is 22.4 Å². The maximum atomic E-state index is 3.29. The predicted octanol–water partition coefficient (Wildman–Crippen LogP) is -0.101. The van der Waals surface area contributed by atoms with E-state index >= 15 is 0 Å². The van der Waals surface area contributed by atoms with Crippen molar-refractivity contribution >= 4 is 0 Å². The summed E-state index contributed by atoms with van der Waals surface area (Å²) in [4.78, 5) is 2.44. The van der Waals surface area contributed by atoms with E-state index in [1.165, 1.54) is 25.9 Å². The maximum Gasteiger partial charge on any atom is 0.0374 e. The van der Waals surface area contributed by atoms with Crippen molar-refractivity contribution in [3.63, 3.8) is 0 Å². The molecule has 0 aromatic carbocycles. The van der Waals surface area contributed by atoms with Gasteiger partial charge in [-0.05, 0) is 26.9 Å². The van der Waals surface area contributed by atoms with Gasteiger partial charge in [0.15, 0.2) is 0 Å². The normalized spacial score (nSPS) is 39.8. The van der Waals surface area contributed by atoms with Gasteiger partial charge in [0.25, 0.3) is 0 Å². The summed E-state index contributed by atoms with van der Waals surface area (Å²) in [5.41, 5.74) is 3.29. The molecule has 2 aliphatic heterocycles. The van der Waals surface area contributed by atoms with Gasteiger partial charge in [0.05, 0.1) is 0 Å². The molecule has 2 fully saturated rings. The lowest BCUT2D eigenvalue weighted by Crippen LogP contribution is -2.56. The molecule has 2 atom stereocenters. The van der Waals surface area contributed by atoms with Gasteiger partial charge in [-0.25, -0.2) is 5.01 Å². The third-order valence-corrected chi connectivity index (χ3v) is 2.92. The second-order valence-corrected chi connectivity index (χ2v) is 3.74. The summed E-state index contributed by atoms with van der Waals surface area (Å²) in [6, 6.07) is 1.53. The van der Waals surface area contributed by atoms with Crippen LogP contribution in [0.5, 0.6) is 0 Å². The second-order valence-electron chi connectivity index (χ2n) is 3.74. The summed E-state index contributed by atoms with van der Waals surface area (Å²) in [7, 11) is 4.26. The van der Waals surface area contributed by atoms with E-state index < -0.39 is 0 Å². The first-order valence-corrected chi connectivity index (χ1v) is 4.45. The van der Waals surface area contributed by atoms with Crippen LogP contribution in [0.2, 0.25) is 0 Å². The van der Waals surface area contributed by atoms with Crippen LogP contribution in [-0.2, 0) is 0 Å². The van der Waals surface area contributed by atoms with Gasteiger partial charge in [0.2, 0.25) is 0 Å². The van der Waals surface area contributed by atoms with Gasteiger partial charge >= 0.3 is 0 Å². The van der Waals surface area contributed by atoms with Crippen molar-refractivity contribution in [2.24, 2.45) is 0 Å². The van der Waals surface area contributed by atoms with Crippen molar-refractivity contribution < 1.29 is 0 Å². The van der Waals surface area contributed by atoms with Crippen molar-refractivity contribution in [3.05, 3.63) is 0 Å². The third kappa shape index (κ3) is 1.17. The average Bonchev–Trinajstić information content (AvgIpc) is 2.23. The fourth-order valence-electron chi connectivity index (χ4n) is 2.48. The van der Waals surface area contributed by atoms with E-state index in [0.717, 1.165) is 12.1 Å². The minimum absolute atomic E-state index is 0.767. The molecule has 0 aliphatic carbocycles. The molecule has 2 aliphatic rings. The number of nitrogens with zero attached hydrogens (tertiary/aromatic N) is 2. The molecular formula is C8H17N3. The second kappa shape index (κ2) is 2.73. The zero-order chi connectivity index (χ0) is 7.84. The number of nitrogens with one attached hydrogen (secondary N) is 1. The molecule has 0 radical (unpaired) electrons. The smallest absolute Gasteiger partial charge is 0.0374 e. The van der Waals surface area contributed by atoms with Crippen LogP contribution < -0.4 is 5.43 Å². The molecule has 0 aromatic rings. The summed E-state index contributed by atoms with van der Waals surface area (Å²) in [5, 5.41) is 2.43. The standard InChI is InChI=1S/C8H17N3/c1-9-11-7-3-4-8(11)6-10(2)5-7/h7-9H,3-6H2,1-2H3/t7-,8+. The van der Waals surface area contributed by atoms with Crippen molar-refractivity contribution in [2.75, 3.05) is 27.2 Å². The lowest BCUT2D eigenvalue weighted by Gasteiger charge is -2.38. The van der Waals surface area contributed by atoms with Crippen molar-refractivity contribution in [2.45, 2.75) is 24.9 Å². The molecule has 2 saturated heterocycles. The van der Waals surface area contributed by atoms with Gasteiger partial charge in [-0.1, -0.05) is 0 Å². The van der Waals surface area contributed by atoms with Crippen LogP contribution in [0.15, 0.2) is 0 Å². The average molecular weight is 155 g/mol. The Labute approximate surface area is 68.3 Å². The van der Waals surface area contributed by atoms with Crippen LogP contribution in [0.3, 0.4) is 0 Å². The number of hydrazine groups is 1. The Morgan fingerprint density at radius 1 is 1.18 bits per heavy atom. The Bertz CT molecular complexity index is 134. The number of likely N-dealkylation sites (N-methyl/N-ethyl adjacent to an activating group) is 1. The fourth-order valence-corrected chi connectivity index (χ4v) is 2.48. The first kappa shape index (κ1) is 7.53. The van der Waals surface area contributed by atoms with E-state index in [1.807, 2.05) is 7.05 Å². The SMILES string of the molecule is CNN1[C@@H]2CC[C@H]1CN(C)C2. The Hall–Kier alpha value is -0.120. The Morgan fingerprint density at radius 2 is 1.73 bits per heavy atom. The van der Waals surface area contributed by atoms with Gasteiger partial charge in [0, 0.05) is 25.2 Å². The number of likely N-dealkylation sites (tertiary alicyclic amines) is 1. The van der Waals surface area contributed by atoms with Crippen molar-refractivity contribution in [3.8, 4) is 0 Å². The third-order valence-electron chi connectivity index (χ3n) is 2.92. The summed E-state index contributed by atoms with van der Waals surface area (Å²) in [6.45, 7) is 2.47. The first-order valence-electron chi connectivity index (χ1n) is 4.45. The summed E-state index contributed by atoms with van der Waals surface area (Å²) in [5.74, 6) is 0. The summed E-state index contributed by atoms with van der Waals surface area (Å²) >= 11 is 0. The quantitative estimate of drug-likeness (QED) is 0.570. The lowest BCUT2D eigenvalue weighted by atomic mass is 10.2. The minimum atomic E-state index is 0.767. The molecule has 2 heterocycles. The molecule has 1 N–H and O–H groups in total. The molecule has 0 spiro atoms. The fraction of sp³-hybridized carbons (Fsp3) is 1.00. The molecule has 0 unspecified atom stereocenters. The van der Waals surface area contributed by atoms with E-state index in [9.17, 15) is 0 Å². The zero-order valence-corrected chi connectivity index (χ0v) is 7.38. The number of hydrogen-bond donors (Lipinski definition) is 1. The largest absolute Gasteiger partial charge is 0.303 e. The van der Waals surface area contributed by atoms with Crippen LogP contribution in [-0.4, -0.2) is 49.2 Å². The molecule has 3 nitrogen and oxygen atoms in total. The highest BCUT2D eigenvalue weighted by Gasteiger charge is 2.37. The molecule has 2 bridgehead atoms. The highest BCUT2D eigenvalue weighted by molar-refractivity contribution is 4.92. The summed E-state index contributed by atoms with van der Waals surface area (Å²) < 4.78 is 0. The topological polar surface area (TPSA) is 18.5 Å². The molecule has 0 amide bonds. The van der Waals surface area contributed by atoms with Gasteiger partial charge in [-0.2, -0.15) is 0 Å². The maximum absolute atomic E-state index is 3.29. The van der Waals surface area contributed by atoms with E-state index in [0.29, 0.717) is 0 Å². The van der Waals surface area contributed by atoms with Crippen molar-refractivity contribution in [1.29, 1.82) is 0 Å². The minimum Gasteiger partial charge on any atom is -0.303 e. The summed E-state index contributed by atoms with van der Waals surface area (Å²) in [6.07, 6.45) is 2.74. The number of hydrogen-bond acceptors (Lipinski definition) is 3. The van der Waals surface area contributed by atoms with Gasteiger partial charge < -0.3 is 4.90 Å². The molecule has 3 heteroatoms. The molecule has 11 heavy (non-hydrogen) atoms. The zero-order valence-electron chi connectivity index (χ0n) is 7.38. The Morgan fingerprint density at radius 3 is 2.18 bits per heavy atom. The van der Waals surface area contributed by atoms with Crippen molar-refractivity contribution in [1.82, 2.24) is 15.3 Å². The number of piperazine rings is 1. The van der Waals surface area contributed by atoms with Gasteiger partial charge in [-0.3, -0.25) is 5.43 Å². The number of fused-ring (bicyclic) bond motifs is 2. The van der Waals surface area contributed by atoms with E-state index in [4.69, 9.17) is 0 Å². The lowest BCUT2D eigenvalue weighted by molar-refractivity contribution is 0.0458. The van der Waals surface area contributed by atoms with Crippen LogP contribution in [0.4, 0.5) is 0 Å².